The quantitative estimate of drug-likeness (QED) is 0.467. The van der Waals surface area contributed by atoms with Crippen molar-refractivity contribution < 1.29 is 24.1 Å². The maximum Gasteiger partial charge on any atom is 0.256 e. The van der Waals surface area contributed by atoms with E-state index in [1.807, 2.05) is 6.07 Å². The molecule has 1 aliphatic heterocycles. The second kappa shape index (κ2) is 10.6. The summed E-state index contributed by atoms with van der Waals surface area (Å²) in [7, 11) is 1.51. The number of aromatic nitrogens is 3. The van der Waals surface area contributed by atoms with Crippen LogP contribution in [-0.2, 0) is 11.3 Å². The molecule has 2 aromatic heterocycles. The zero-order valence-corrected chi connectivity index (χ0v) is 20.1. The summed E-state index contributed by atoms with van der Waals surface area (Å²) in [5.74, 6) is 1.30. The number of benzene rings is 1. The van der Waals surface area contributed by atoms with Crippen molar-refractivity contribution in [1.82, 2.24) is 20.3 Å². The molecule has 1 saturated carbocycles. The van der Waals surface area contributed by atoms with E-state index >= 15 is 0 Å². The van der Waals surface area contributed by atoms with Crippen LogP contribution in [0.15, 0.2) is 36.7 Å². The molecular weight excluding hydrogens is 474 g/mol. The van der Waals surface area contributed by atoms with Gasteiger partial charge < -0.3 is 30.0 Å². The van der Waals surface area contributed by atoms with E-state index in [4.69, 9.17) is 14.2 Å². The molecule has 1 fully saturated rings. The first-order valence-electron chi connectivity index (χ1n) is 11.4. The smallest absolute Gasteiger partial charge is 0.256 e. The number of carbonyl (C=O) groups is 1. The highest BCUT2D eigenvalue weighted by atomic mass is 35.5. The number of methoxy groups -OCH3 is 1. The lowest BCUT2D eigenvalue weighted by molar-refractivity contribution is -0.137. The molecule has 0 atom stereocenters. The summed E-state index contributed by atoms with van der Waals surface area (Å²) in [5, 5.41) is 17.4. The van der Waals surface area contributed by atoms with Crippen molar-refractivity contribution in [2.75, 3.05) is 25.6 Å². The molecule has 35 heavy (non-hydrogen) atoms. The molecule has 3 aromatic rings. The molecule has 5 rings (SSSR count). The number of ether oxygens (including phenoxy) is 3. The van der Waals surface area contributed by atoms with E-state index in [1.165, 1.54) is 13.3 Å². The molecular formula is C24H28ClN5O5. The second-order valence-electron chi connectivity index (χ2n) is 8.55. The Morgan fingerprint density at radius 3 is 2.71 bits per heavy atom. The SMILES string of the molecule is COc1cnc2cccc(NC(=O)[C@]3(O)CC[C@H](NCc4cc5c(cn4)OCCO5)CC3)c2n1.Cl. The Balaban J connectivity index is 0.00000289. The van der Waals surface area contributed by atoms with Gasteiger partial charge in [0.05, 0.1) is 36.4 Å². The predicted molar refractivity (Wildman–Crippen MR) is 131 cm³/mol. The second-order valence-corrected chi connectivity index (χ2v) is 8.55. The molecule has 0 saturated heterocycles. The van der Waals surface area contributed by atoms with Crippen molar-refractivity contribution >= 4 is 35.0 Å². The molecule has 3 heterocycles. The summed E-state index contributed by atoms with van der Waals surface area (Å²) in [4.78, 5) is 26.1. The third-order valence-corrected chi connectivity index (χ3v) is 6.30. The van der Waals surface area contributed by atoms with Crippen molar-refractivity contribution in [3.8, 4) is 17.4 Å². The molecule has 1 aromatic carbocycles. The van der Waals surface area contributed by atoms with Crippen LogP contribution in [0.5, 0.6) is 17.4 Å². The molecule has 2 aliphatic rings. The van der Waals surface area contributed by atoms with E-state index in [0.29, 0.717) is 79.5 Å². The number of hydrogen-bond acceptors (Lipinski definition) is 9. The van der Waals surface area contributed by atoms with Gasteiger partial charge in [-0.1, -0.05) is 6.07 Å². The number of amides is 1. The Morgan fingerprint density at radius 2 is 1.94 bits per heavy atom. The lowest BCUT2D eigenvalue weighted by Gasteiger charge is -2.35. The van der Waals surface area contributed by atoms with Gasteiger partial charge in [0.2, 0.25) is 5.88 Å². The van der Waals surface area contributed by atoms with Gasteiger partial charge >= 0.3 is 0 Å². The van der Waals surface area contributed by atoms with Crippen molar-refractivity contribution in [1.29, 1.82) is 0 Å². The van der Waals surface area contributed by atoms with E-state index in [2.05, 4.69) is 25.6 Å². The van der Waals surface area contributed by atoms with E-state index in [9.17, 15) is 9.90 Å². The molecule has 0 unspecified atom stereocenters. The fraction of sp³-hybridized carbons (Fsp3) is 0.417. The molecule has 1 amide bonds. The normalized spacial score (nSPS) is 21.1. The number of pyridine rings is 1. The lowest BCUT2D eigenvalue weighted by Crippen LogP contribution is -2.48. The van der Waals surface area contributed by atoms with Gasteiger partial charge in [0.1, 0.15) is 24.3 Å². The number of nitrogens with zero attached hydrogens (tertiary/aromatic N) is 3. The average molecular weight is 502 g/mol. The fourth-order valence-electron chi connectivity index (χ4n) is 4.32. The first-order chi connectivity index (χ1) is 16.5. The van der Waals surface area contributed by atoms with Gasteiger partial charge in [0.15, 0.2) is 11.5 Å². The fourth-order valence-corrected chi connectivity index (χ4v) is 4.32. The molecule has 186 valence electrons. The van der Waals surface area contributed by atoms with Crippen LogP contribution in [-0.4, -0.2) is 57.9 Å². The number of halogens is 1. The summed E-state index contributed by atoms with van der Waals surface area (Å²) < 4.78 is 16.3. The Hall–Kier alpha value is -3.21. The number of para-hydroxylation sites is 1. The topological polar surface area (TPSA) is 128 Å². The predicted octanol–water partition coefficient (Wildman–Crippen LogP) is 2.63. The van der Waals surface area contributed by atoms with Gasteiger partial charge in [-0.3, -0.25) is 9.78 Å². The minimum Gasteiger partial charge on any atom is -0.486 e. The summed E-state index contributed by atoms with van der Waals surface area (Å²) in [6, 6.07) is 7.40. The number of aliphatic hydroxyl groups is 1. The van der Waals surface area contributed by atoms with Crippen LogP contribution in [0.1, 0.15) is 31.4 Å². The molecule has 0 spiro atoms. The van der Waals surface area contributed by atoms with Crippen LogP contribution in [0.2, 0.25) is 0 Å². The van der Waals surface area contributed by atoms with Crippen LogP contribution in [0.25, 0.3) is 11.0 Å². The lowest BCUT2D eigenvalue weighted by atomic mass is 9.81. The number of nitrogens with one attached hydrogen (secondary N) is 2. The zero-order chi connectivity index (χ0) is 23.5. The Bertz CT molecular complexity index is 1200. The van der Waals surface area contributed by atoms with E-state index in [1.54, 1.807) is 24.4 Å². The third-order valence-electron chi connectivity index (χ3n) is 6.30. The van der Waals surface area contributed by atoms with Crippen molar-refractivity contribution in [3.05, 3.63) is 42.4 Å². The third kappa shape index (κ3) is 5.39. The van der Waals surface area contributed by atoms with Crippen LogP contribution in [0.3, 0.4) is 0 Å². The Morgan fingerprint density at radius 1 is 1.17 bits per heavy atom. The number of rotatable bonds is 6. The monoisotopic (exact) mass is 501 g/mol. The van der Waals surface area contributed by atoms with Crippen molar-refractivity contribution in [3.63, 3.8) is 0 Å². The van der Waals surface area contributed by atoms with Gasteiger partial charge in [-0.2, -0.15) is 0 Å². The molecule has 10 nitrogen and oxygen atoms in total. The minimum absolute atomic E-state index is 0. The molecule has 0 radical (unpaired) electrons. The minimum atomic E-state index is -1.44. The number of fused-ring (bicyclic) bond motifs is 2. The number of hydrogen-bond donors (Lipinski definition) is 3. The van der Waals surface area contributed by atoms with Crippen LogP contribution in [0.4, 0.5) is 5.69 Å². The van der Waals surface area contributed by atoms with Gasteiger partial charge in [-0.05, 0) is 37.8 Å². The standard InChI is InChI=1S/C24H27N5O5.ClH/c1-32-21-14-27-17-3-2-4-18(22(17)29-21)28-23(30)24(31)7-5-15(6-8-24)25-12-16-11-19-20(13-26-16)34-10-9-33-19;/h2-4,11,13-15,25,31H,5-10,12H2,1H3,(H,28,30);1H/t15-,24-;. The largest absolute Gasteiger partial charge is 0.486 e. The van der Waals surface area contributed by atoms with Crippen LogP contribution < -0.4 is 24.8 Å². The average Bonchev–Trinajstić information content (AvgIpc) is 2.88. The van der Waals surface area contributed by atoms with Crippen molar-refractivity contribution in [2.24, 2.45) is 0 Å². The van der Waals surface area contributed by atoms with Crippen LogP contribution >= 0.6 is 12.4 Å². The van der Waals surface area contributed by atoms with Gasteiger partial charge in [-0.15, -0.1) is 12.4 Å². The summed E-state index contributed by atoms with van der Waals surface area (Å²) in [6.07, 6.45) is 5.24. The number of anilines is 1. The maximum atomic E-state index is 13.0. The van der Waals surface area contributed by atoms with Gasteiger partial charge in [-0.25, -0.2) is 9.97 Å². The molecule has 0 bridgehead atoms. The van der Waals surface area contributed by atoms with Crippen LogP contribution in [0, 0.1) is 0 Å². The highest BCUT2D eigenvalue weighted by Crippen LogP contribution is 2.32. The molecule has 1 aliphatic carbocycles. The first-order valence-corrected chi connectivity index (χ1v) is 11.4. The summed E-state index contributed by atoms with van der Waals surface area (Å²) in [6.45, 7) is 1.64. The van der Waals surface area contributed by atoms with E-state index < -0.39 is 11.5 Å². The van der Waals surface area contributed by atoms with Gasteiger partial charge in [0.25, 0.3) is 5.91 Å². The van der Waals surface area contributed by atoms with E-state index in [0.717, 1.165) is 5.69 Å². The Labute approximate surface area is 208 Å². The van der Waals surface area contributed by atoms with E-state index in [-0.39, 0.29) is 18.4 Å². The van der Waals surface area contributed by atoms with Gasteiger partial charge in [0, 0.05) is 18.7 Å². The Kier molecular flexibility index (Phi) is 7.54. The molecule has 11 heteroatoms. The first kappa shape index (κ1) is 24.9. The molecule has 3 N–H and O–H groups in total. The zero-order valence-electron chi connectivity index (χ0n) is 19.3. The number of carbonyl (C=O) groups excluding carboxylic acids is 1. The highest BCUT2D eigenvalue weighted by Gasteiger charge is 2.40. The maximum absolute atomic E-state index is 13.0. The summed E-state index contributed by atoms with van der Waals surface area (Å²) in [5.41, 5.74) is 1.05. The van der Waals surface area contributed by atoms with Crippen molar-refractivity contribution in [2.45, 2.75) is 43.9 Å². The highest BCUT2D eigenvalue weighted by molar-refractivity contribution is 6.03. The summed E-state index contributed by atoms with van der Waals surface area (Å²) >= 11 is 0.